The summed E-state index contributed by atoms with van der Waals surface area (Å²) < 4.78 is 32.2. The Morgan fingerprint density at radius 2 is 1.90 bits per heavy atom. The third-order valence-electron chi connectivity index (χ3n) is 3.60. The molecular formula is C16H14F2O2. The molecule has 0 aliphatic heterocycles. The van der Waals surface area contributed by atoms with Gasteiger partial charge in [-0.3, -0.25) is 0 Å². The molecule has 4 heteroatoms. The summed E-state index contributed by atoms with van der Waals surface area (Å²) in [5, 5.41) is 10.3. The van der Waals surface area contributed by atoms with Crippen molar-refractivity contribution in [2.24, 2.45) is 0 Å². The Hall–Kier alpha value is -1.94. The Morgan fingerprint density at radius 3 is 2.75 bits per heavy atom. The topological polar surface area (TPSA) is 29.5 Å². The van der Waals surface area contributed by atoms with Crippen molar-refractivity contribution in [1.29, 1.82) is 0 Å². The first-order chi connectivity index (χ1) is 9.65. The lowest BCUT2D eigenvalue weighted by atomic mass is 9.87. The highest BCUT2D eigenvalue weighted by Gasteiger charge is 2.29. The SMILES string of the molecule is OC1c2ccccc2CCC1Oc1cc(F)ccc1F. The van der Waals surface area contributed by atoms with Crippen LogP contribution in [0.1, 0.15) is 23.7 Å². The molecule has 1 aliphatic rings. The number of aryl methyl sites for hydroxylation is 1. The fourth-order valence-corrected chi connectivity index (χ4v) is 2.56. The van der Waals surface area contributed by atoms with E-state index in [1.54, 1.807) is 0 Å². The lowest BCUT2D eigenvalue weighted by Gasteiger charge is -2.30. The number of halogens is 2. The molecular weight excluding hydrogens is 262 g/mol. The monoisotopic (exact) mass is 276 g/mol. The number of fused-ring (bicyclic) bond motifs is 1. The quantitative estimate of drug-likeness (QED) is 0.911. The van der Waals surface area contributed by atoms with Crippen molar-refractivity contribution in [2.75, 3.05) is 0 Å². The first kappa shape index (κ1) is 13.1. The first-order valence-corrected chi connectivity index (χ1v) is 6.53. The van der Waals surface area contributed by atoms with Gasteiger partial charge in [0.05, 0.1) is 0 Å². The molecule has 2 aromatic carbocycles. The molecule has 2 nitrogen and oxygen atoms in total. The summed E-state index contributed by atoms with van der Waals surface area (Å²) in [5.74, 6) is -1.35. The lowest BCUT2D eigenvalue weighted by Crippen LogP contribution is -2.30. The fraction of sp³-hybridized carbons (Fsp3) is 0.250. The van der Waals surface area contributed by atoms with Gasteiger partial charge in [-0.25, -0.2) is 8.78 Å². The van der Waals surface area contributed by atoms with Gasteiger partial charge in [-0.15, -0.1) is 0 Å². The van der Waals surface area contributed by atoms with Crippen molar-refractivity contribution in [3.8, 4) is 5.75 Å². The molecule has 0 saturated carbocycles. The second kappa shape index (κ2) is 5.21. The highest BCUT2D eigenvalue weighted by atomic mass is 19.1. The molecule has 0 saturated heterocycles. The van der Waals surface area contributed by atoms with Crippen molar-refractivity contribution in [3.63, 3.8) is 0 Å². The van der Waals surface area contributed by atoms with E-state index < -0.39 is 23.8 Å². The van der Waals surface area contributed by atoms with Crippen LogP contribution in [0.3, 0.4) is 0 Å². The highest BCUT2D eigenvalue weighted by molar-refractivity contribution is 5.33. The van der Waals surface area contributed by atoms with Crippen LogP contribution in [-0.4, -0.2) is 11.2 Å². The van der Waals surface area contributed by atoms with Crippen molar-refractivity contribution >= 4 is 0 Å². The molecule has 1 aliphatic carbocycles. The first-order valence-electron chi connectivity index (χ1n) is 6.53. The van der Waals surface area contributed by atoms with Gasteiger partial charge in [0.2, 0.25) is 0 Å². The molecule has 0 radical (unpaired) electrons. The molecule has 0 aromatic heterocycles. The molecule has 0 bridgehead atoms. The molecule has 104 valence electrons. The smallest absolute Gasteiger partial charge is 0.165 e. The molecule has 0 spiro atoms. The number of hydrogen-bond acceptors (Lipinski definition) is 2. The number of benzene rings is 2. The van der Waals surface area contributed by atoms with E-state index >= 15 is 0 Å². The summed E-state index contributed by atoms with van der Waals surface area (Å²) in [5.41, 5.74) is 1.86. The summed E-state index contributed by atoms with van der Waals surface area (Å²) in [6, 6.07) is 10.6. The maximum Gasteiger partial charge on any atom is 0.165 e. The third kappa shape index (κ3) is 2.39. The van der Waals surface area contributed by atoms with Gasteiger partial charge in [0.1, 0.15) is 18.0 Å². The van der Waals surface area contributed by atoms with E-state index in [0.717, 1.165) is 35.7 Å². The standard InChI is InChI=1S/C16H14F2O2/c17-11-6-7-13(18)15(9-11)20-14-8-5-10-3-1-2-4-12(10)16(14)19/h1-4,6-7,9,14,16,19H,5,8H2. The lowest BCUT2D eigenvalue weighted by molar-refractivity contribution is 0.0207. The van der Waals surface area contributed by atoms with Gasteiger partial charge < -0.3 is 9.84 Å². The van der Waals surface area contributed by atoms with Crippen LogP contribution >= 0.6 is 0 Å². The van der Waals surface area contributed by atoms with Crippen molar-refractivity contribution in [3.05, 3.63) is 65.2 Å². The normalized spacial score (nSPS) is 21.4. The van der Waals surface area contributed by atoms with E-state index in [1.807, 2.05) is 24.3 Å². The predicted octanol–water partition coefficient (Wildman–Crippen LogP) is 3.39. The van der Waals surface area contributed by atoms with E-state index in [0.29, 0.717) is 6.42 Å². The largest absolute Gasteiger partial charge is 0.484 e. The van der Waals surface area contributed by atoms with Gasteiger partial charge in [0.15, 0.2) is 11.6 Å². The van der Waals surface area contributed by atoms with E-state index in [1.165, 1.54) is 0 Å². The maximum absolute atomic E-state index is 13.6. The zero-order valence-electron chi connectivity index (χ0n) is 10.7. The van der Waals surface area contributed by atoms with E-state index in [4.69, 9.17) is 4.74 Å². The fourth-order valence-electron chi connectivity index (χ4n) is 2.56. The van der Waals surface area contributed by atoms with Gasteiger partial charge in [-0.2, -0.15) is 0 Å². The molecule has 0 heterocycles. The zero-order valence-corrected chi connectivity index (χ0v) is 10.7. The minimum absolute atomic E-state index is 0.159. The minimum atomic E-state index is -0.831. The van der Waals surface area contributed by atoms with E-state index in [-0.39, 0.29) is 5.75 Å². The van der Waals surface area contributed by atoms with Gasteiger partial charge in [-0.05, 0) is 36.1 Å². The summed E-state index contributed by atoms with van der Waals surface area (Å²) in [4.78, 5) is 0. The Bertz CT molecular complexity index is 628. The molecule has 2 unspecified atom stereocenters. The Kier molecular flexibility index (Phi) is 3.40. The number of aliphatic hydroxyl groups is 1. The minimum Gasteiger partial charge on any atom is -0.484 e. The molecule has 3 rings (SSSR count). The molecule has 2 aromatic rings. The third-order valence-corrected chi connectivity index (χ3v) is 3.60. The van der Waals surface area contributed by atoms with Crippen LogP contribution in [0.5, 0.6) is 5.75 Å². The number of aliphatic hydroxyl groups excluding tert-OH is 1. The number of rotatable bonds is 2. The van der Waals surface area contributed by atoms with Crippen LogP contribution in [0.25, 0.3) is 0 Å². The maximum atomic E-state index is 13.6. The van der Waals surface area contributed by atoms with Crippen molar-refractivity contribution in [2.45, 2.75) is 25.0 Å². The molecule has 0 amide bonds. The summed E-state index contributed by atoms with van der Waals surface area (Å²) >= 11 is 0. The van der Waals surface area contributed by atoms with Crippen LogP contribution in [0, 0.1) is 11.6 Å². The highest BCUT2D eigenvalue weighted by Crippen LogP contribution is 2.33. The predicted molar refractivity (Wildman–Crippen MR) is 70.5 cm³/mol. The average molecular weight is 276 g/mol. The van der Waals surface area contributed by atoms with Crippen LogP contribution in [0.2, 0.25) is 0 Å². The summed E-state index contributed by atoms with van der Waals surface area (Å²) in [6.45, 7) is 0. The Morgan fingerprint density at radius 1 is 1.10 bits per heavy atom. The summed E-state index contributed by atoms with van der Waals surface area (Å²) in [7, 11) is 0. The molecule has 2 atom stereocenters. The van der Waals surface area contributed by atoms with E-state index in [2.05, 4.69) is 0 Å². The van der Waals surface area contributed by atoms with Gasteiger partial charge >= 0.3 is 0 Å². The Labute approximate surface area is 115 Å². The Balaban J connectivity index is 1.84. The zero-order chi connectivity index (χ0) is 14.1. The van der Waals surface area contributed by atoms with Crippen LogP contribution in [0.4, 0.5) is 8.78 Å². The van der Waals surface area contributed by atoms with Gasteiger partial charge in [-0.1, -0.05) is 24.3 Å². The number of hydrogen-bond donors (Lipinski definition) is 1. The van der Waals surface area contributed by atoms with Crippen LogP contribution in [0.15, 0.2) is 42.5 Å². The van der Waals surface area contributed by atoms with Crippen molar-refractivity contribution < 1.29 is 18.6 Å². The van der Waals surface area contributed by atoms with Crippen molar-refractivity contribution in [1.82, 2.24) is 0 Å². The van der Waals surface area contributed by atoms with E-state index in [9.17, 15) is 13.9 Å². The van der Waals surface area contributed by atoms with Gasteiger partial charge in [0.25, 0.3) is 0 Å². The molecule has 1 N–H and O–H groups in total. The van der Waals surface area contributed by atoms with Crippen LogP contribution in [-0.2, 0) is 6.42 Å². The van der Waals surface area contributed by atoms with Gasteiger partial charge in [0, 0.05) is 6.07 Å². The second-order valence-electron chi connectivity index (χ2n) is 4.91. The average Bonchev–Trinajstić information content (AvgIpc) is 2.46. The summed E-state index contributed by atoms with van der Waals surface area (Å²) in [6.07, 6.45) is -0.0907. The molecule has 0 fully saturated rings. The second-order valence-corrected chi connectivity index (χ2v) is 4.91. The molecule has 20 heavy (non-hydrogen) atoms. The number of ether oxygens (including phenoxy) is 1. The van der Waals surface area contributed by atoms with Crippen LogP contribution < -0.4 is 4.74 Å².